The van der Waals surface area contributed by atoms with E-state index in [1.165, 1.54) is 10.4 Å². The number of aromatic nitrogens is 2. The summed E-state index contributed by atoms with van der Waals surface area (Å²) in [5, 5.41) is 2.20. The van der Waals surface area contributed by atoms with E-state index in [9.17, 15) is 4.79 Å². The van der Waals surface area contributed by atoms with E-state index < -0.39 is 0 Å². The monoisotopic (exact) mass is 538 g/mol. The summed E-state index contributed by atoms with van der Waals surface area (Å²) in [5.74, 6) is 2.03. The van der Waals surface area contributed by atoms with Crippen LogP contribution in [0.2, 0.25) is 5.02 Å². The molecule has 0 fully saturated rings. The molecule has 4 aromatic rings. The molecule has 0 radical (unpaired) electrons. The molecule has 0 spiro atoms. The van der Waals surface area contributed by atoms with Crippen LogP contribution in [0.1, 0.15) is 50.1 Å². The van der Waals surface area contributed by atoms with Crippen molar-refractivity contribution in [1.82, 2.24) is 9.55 Å². The minimum absolute atomic E-state index is 0.0116. The molecule has 0 aliphatic heterocycles. The fraction of sp³-hybridized carbons (Fsp3) is 0.379. The molecule has 36 heavy (non-hydrogen) atoms. The lowest BCUT2D eigenvalue weighted by Crippen LogP contribution is -2.27. The first-order valence-corrected chi connectivity index (χ1v) is 14.6. The van der Waals surface area contributed by atoms with Crippen LogP contribution in [0.15, 0.2) is 58.5 Å². The topological polar surface area (TPSA) is 44.1 Å². The van der Waals surface area contributed by atoms with Crippen LogP contribution in [0.5, 0.6) is 5.75 Å². The molecule has 0 amide bonds. The van der Waals surface area contributed by atoms with Crippen LogP contribution in [-0.4, -0.2) is 16.2 Å². The Morgan fingerprint density at radius 3 is 2.61 bits per heavy atom. The second kappa shape index (κ2) is 10.2. The number of halogens is 1. The summed E-state index contributed by atoms with van der Waals surface area (Å²) in [6.45, 7) is 9.51. The Labute approximate surface area is 225 Å². The van der Waals surface area contributed by atoms with Gasteiger partial charge in [-0.1, -0.05) is 62.3 Å². The van der Waals surface area contributed by atoms with E-state index in [1.807, 2.05) is 55.5 Å². The Morgan fingerprint density at radius 1 is 1.17 bits per heavy atom. The van der Waals surface area contributed by atoms with Gasteiger partial charge in [-0.15, -0.1) is 11.3 Å². The predicted octanol–water partition coefficient (Wildman–Crippen LogP) is 7.94. The lowest BCUT2D eigenvalue weighted by molar-refractivity contribution is 0.218. The van der Waals surface area contributed by atoms with Crippen LogP contribution in [0.4, 0.5) is 0 Å². The van der Waals surface area contributed by atoms with Crippen molar-refractivity contribution in [3.8, 4) is 11.4 Å². The third kappa shape index (κ3) is 4.96. The first kappa shape index (κ1) is 25.4. The normalized spacial score (nSPS) is 15.8. The number of thioether (sulfide) groups is 1. The highest BCUT2D eigenvalue weighted by Gasteiger charge is 2.32. The van der Waals surface area contributed by atoms with Crippen molar-refractivity contribution in [3.05, 3.63) is 79.9 Å². The van der Waals surface area contributed by atoms with Crippen molar-refractivity contribution in [1.29, 1.82) is 0 Å². The molecule has 1 atom stereocenters. The largest absolute Gasteiger partial charge is 0.494 e. The minimum Gasteiger partial charge on any atom is -0.494 e. The van der Waals surface area contributed by atoms with Gasteiger partial charge < -0.3 is 4.74 Å². The minimum atomic E-state index is 0.0116. The van der Waals surface area contributed by atoms with Gasteiger partial charge in [0.25, 0.3) is 5.56 Å². The van der Waals surface area contributed by atoms with Gasteiger partial charge in [-0.05, 0) is 79.0 Å². The fourth-order valence-corrected chi connectivity index (χ4v) is 7.52. The molecule has 1 unspecified atom stereocenters. The average Bonchev–Trinajstić information content (AvgIpc) is 3.22. The Hall–Kier alpha value is -2.28. The van der Waals surface area contributed by atoms with Gasteiger partial charge in [0.15, 0.2) is 5.16 Å². The van der Waals surface area contributed by atoms with E-state index in [4.69, 9.17) is 21.3 Å². The van der Waals surface area contributed by atoms with Crippen LogP contribution < -0.4 is 10.3 Å². The number of ether oxygens (including phenoxy) is 1. The zero-order valence-corrected chi connectivity index (χ0v) is 23.5. The fourth-order valence-electron chi connectivity index (χ4n) is 4.89. The second-order valence-electron chi connectivity index (χ2n) is 10.3. The molecule has 2 aromatic carbocycles. The van der Waals surface area contributed by atoms with Gasteiger partial charge in [-0.25, -0.2) is 4.98 Å². The molecule has 0 bridgehead atoms. The number of nitrogens with zero attached hydrogens (tertiary/aromatic N) is 2. The van der Waals surface area contributed by atoms with Crippen LogP contribution in [-0.2, 0) is 18.6 Å². The Kier molecular flexibility index (Phi) is 7.21. The van der Waals surface area contributed by atoms with Crippen LogP contribution >= 0.6 is 34.7 Å². The molecule has 0 N–H and O–H groups in total. The maximum absolute atomic E-state index is 14.1. The van der Waals surface area contributed by atoms with E-state index in [0.29, 0.717) is 23.4 Å². The van der Waals surface area contributed by atoms with E-state index in [1.54, 1.807) is 27.7 Å². The number of benzene rings is 2. The van der Waals surface area contributed by atoms with Crippen LogP contribution in [0.25, 0.3) is 15.9 Å². The summed E-state index contributed by atoms with van der Waals surface area (Å²) in [6, 6.07) is 15.5. The van der Waals surface area contributed by atoms with Crippen LogP contribution in [0, 0.1) is 11.3 Å². The maximum Gasteiger partial charge on any atom is 0.267 e. The third-order valence-corrected chi connectivity index (χ3v) is 9.50. The zero-order chi connectivity index (χ0) is 25.4. The highest BCUT2D eigenvalue weighted by atomic mass is 35.5. The molecular weight excluding hydrogens is 508 g/mol. The van der Waals surface area contributed by atoms with E-state index in [0.717, 1.165) is 51.5 Å². The van der Waals surface area contributed by atoms with Crippen molar-refractivity contribution in [2.24, 2.45) is 11.3 Å². The Morgan fingerprint density at radius 2 is 1.92 bits per heavy atom. The molecule has 4 nitrogen and oxygen atoms in total. The molecule has 5 rings (SSSR count). The van der Waals surface area contributed by atoms with Gasteiger partial charge in [-0.2, -0.15) is 0 Å². The van der Waals surface area contributed by atoms with Crippen molar-refractivity contribution >= 4 is 44.9 Å². The molecule has 1 aliphatic carbocycles. The van der Waals surface area contributed by atoms with E-state index in [2.05, 4.69) is 20.8 Å². The zero-order valence-electron chi connectivity index (χ0n) is 21.1. The highest BCUT2D eigenvalue weighted by molar-refractivity contribution is 7.98. The standard InChI is InChI=1S/C29H31ClN2O2S2/c1-5-34-21-13-11-20(12-14-21)32-27(33)25-22-15-10-19(29(2,3)4)16-24(22)36-26(25)31-28(32)35-17-18-8-6-7-9-23(18)30/h6-9,11-14,19H,5,10,15-17H2,1-4H3. The maximum atomic E-state index is 14.1. The number of thiophene rings is 1. The van der Waals surface area contributed by atoms with Crippen molar-refractivity contribution in [2.75, 3.05) is 6.61 Å². The van der Waals surface area contributed by atoms with E-state index >= 15 is 0 Å². The summed E-state index contributed by atoms with van der Waals surface area (Å²) < 4.78 is 7.39. The molecule has 0 saturated carbocycles. The predicted molar refractivity (Wildman–Crippen MR) is 152 cm³/mol. The van der Waals surface area contributed by atoms with Gasteiger partial charge in [0, 0.05) is 15.7 Å². The van der Waals surface area contributed by atoms with Crippen molar-refractivity contribution < 1.29 is 4.74 Å². The number of fused-ring (bicyclic) bond motifs is 3. The lowest BCUT2D eigenvalue weighted by atomic mass is 9.72. The molecule has 2 heterocycles. The van der Waals surface area contributed by atoms with Crippen molar-refractivity contribution in [2.45, 2.75) is 57.9 Å². The smallest absolute Gasteiger partial charge is 0.267 e. The summed E-state index contributed by atoms with van der Waals surface area (Å²) in [5.41, 5.74) is 3.28. The first-order chi connectivity index (χ1) is 17.3. The van der Waals surface area contributed by atoms with Gasteiger partial charge >= 0.3 is 0 Å². The first-order valence-electron chi connectivity index (χ1n) is 12.4. The van der Waals surface area contributed by atoms with Crippen LogP contribution in [0.3, 0.4) is 0 Å². The lowest BCUT2D eigenvalue weighted by Gasteiger charge is -2.33. The summed E-state index contributed by atoms with van der Waals surface area (Å²) >= 11 is 9.67. The van der Waals surface area contributed by atoms with E-state index in [-0.39, 0.29) is 11.0 Å². The van der Waals surface area contributed by atoms with Gasteiger partial charge in [0.2, 0.25) is 0 Å². The number of rotatable bonds is 6. The number of hydrogen-bond donors (Lipinski definition) is 0. The second-order valence-corrected chi connectivity index (χ2v) is 12.8. The number of aryl methyl sites for hydroxylation is 1. The molecular formula is C29H31ClN2O2S2. The summed E-state index contributed by atoms with van der Waals surface area (Å²) in [6.07, 6.45) is 3.06. The van der Waals surface area contributed by atoms with Gasteiger partial charge in [0.1, 0.15) is 10.6 Å². The quantitative estimate of drug-likeness (QED) is 0.184. The third-order valence-electron chi connectivity index (χ3n) is 7.00. The SMILES string of the molecule is CCOc1ccc(-n2c(SCc3ccccc3Cl)nc3sc4c(c3c2=O)CCC(C(C)(C)C)C4)cc1. The highest BCUT2D eigenvalue weighted by Crippen LogP contribution is 2.42. The van der Waals surface area contributed by atoms with Crippen molar-refractivity contribution in [3.63, 3.8) is 0 Å². The molecule has 1 aliphatic rings. The Bertz CT molecular complexity index is 1450. The molecule has 7 heteroatoms. The summed E-state index contributed by atoms with van der Waals surface area (Å²) in [4.78, 5) is 21.4. The molecule has 188 valence electrons. The number of hydrogen-bond acceptors (Lipinski definition) is 5. The average molecular weight is 539 g/mol. The molecule has 0 saturated heterocycles. The molecule has 2 aromatic heterocycles. The summed E-state index contributed by atoms with van der Waals surface area (Å²) in [7, 11) is 0. The van der Waals surface area contributed by atoms with Gasteiger partial charge in [-0.3, -0.25) is 9.36 Å². The Balaban J connectivity index is 1.62. The van der Waals surface area contributed by atoms with Gasteiger partial charge in [0.05, 0.1) is 17.7 Å².